The second-order valence-electron chi connectivity index (χ2n) is 8.84. The van der Waals surface area contributed by atoms with Crippen LogP contribution in [0.1, 0.15) is 50.7 Å². The molecule has 3 rings (SSSR count). The van der Waals surface area contributed by atoms with Crippen LogP contribution in [0.15, 0.2) is 58.0 Å². The second kappa shape index (κ2) is 12.8. The summed E-state index contributed by atoms with van der Waals surface area (Å²) in [5.41, 5.74) is -1.56. The van der Waals surface area contributed by atoms with E-state index in [0.29, 0.717) is 31.5 Å². The number of rotatable bonds is 10. The number of unbranched alkanes of at least 4 members (excludes halogenated alkanes) is 2. The molecule has 0 saturated heterocycles. The van der Waals surface area contributed by atoms with Crippen molar-refractivity contribution in [2.24, 2.45) is 0 Å². The van der Waals surface area contributed by atoms with E-state index in [4.69, 9.17) is 0 Å². The van der Waals surface area contributed by atoms with Crippen LogP contribution in [0.3, 0.4) is 0 Å². The van der Waals surface area contributed by atoms with E-state index >= 15 is 0 Å². The number of halogens is 3. The maximum atomic E-state index is 13.3. The molecule has 1 aromatic rings. The molecule has 0 radical (unpaired) electrons. The molecule has 0 saturated carbocycles. The van der Waals surface area contributed by atoms with Crippen LogP contribution in [0.5, 0.6) is 0 Å². The lowest BCUT2D eigenvalue weighted by atomic mass is 10.1. The summed E-state index contributed by atoms with van der Waals surface area (Å²) in [5.74, 6) is -0.862. The van der Waals surface area contributed by atoms with Gasteiger partial charge in [0.05, 0.1) is 0 Å². The molecule has 10 heteroatoms. The van der Waals surface area contributed by atoms with Crippen LogP contribution >= 0.6 is 23.5 Å². The fraction of sp³-hybridized carbons (Fsp3) is 0.462. The number of nitrogens with one attached hydrogen (secondary N) is 1. The molecule has 2 aliphatic carbocycles. The third kappa shape index (κ3) is 8.37. The number of nitrogens with zero attached hydrogens (tertiary/aromatic N) is 1. The summed E-state index contributed by atoms with van der Waals surface area (Å²) in [6.07, 6.45) is 10.5. The summed E-state index contributed by atoms with van der Waals surface area (Å²) in [4.78, 5) is 27.3. The standard InChI is InChI=1S/C26H31F3N2O3S2/c1-3-4-5-13-31(25(34)30-20-7-6-8-22(12-10-20)36-26(27,28)29)21-14-18-9-11-23(16-19(18)15-21)35-17(2)24(32)33/h6,8-12,16-17,21H,3-5,7,13-15H2,1-2H3,(H,30,34)(H,32,33). The molecular weight excluding hydrogens is 509 g/mol. The molecule has 0 fully saturated rings. The third-order valence-corrected chi connectivity index (χ3v) is 7.84. The number of carboxylic acids is 1. The minimum atomic E-state index is -4.37. The molecule has 0 aliphatic heterocycles. The zero-order valence-electron chi connectivity index (χ0n) is 20.3. The second-order valence-corrected chi connectivity index (χ2v) is 11.4. The van der Waals surface area contributed by atoms with Crippen LogP contribution < -0.4 is 5.32 Å². The first-order valence-electron chi connectivity index (χ1n) is 12.0. The van der Waals surface area contributed by atoms with Crippen LogP contribution in [-0.2, 0) is 17.6 Å². The van der Waals surface area contributed by atoms with Gasteiger partial charge in [0.15, 0.2) is 0 Å². The fourth-order valence-electron chi connectivity index (χ4n) is 4.21. The molecule has 5 nitrogen and oxygen atoms in total. The monoisotopic (exact) mass is 540 g/mol. The van der Waals surface area contributed by atoms with Gasteiger partial charge in [-0.15, -0.1) is 11.8 Å². The van der Waals surface area contributed by atoms with E-state index in [1.165, 1.54) is 30.0 Å². The van der Waals surface area contributed by atoms with E-state index < -0.39 is 16.7 Å². The van der Waals surface area contributed by atoms with Gasteiger partial charge in [0, 0.05) is 34.5 Å². The van der Waals surface area contributed by atoms with Gasteiger partial charge >= 0.3 is 17.5 Å². The summed E-state index contributed by atoms with van der Waals surface area (Å²) < 4.78 is 38.1. The quantitative estimate of drug-likeness (QED) is 0.250. The molecule has 0 bridgehead atoms. The lowest BCUT2D eigenvalue weighted by molar-refractivity contribution is -0.136. The minimum Gasteiger partial charge on any atom is -0.480 e. The van der Waals surface area contributed by atoms with Crippen molar-refractivity contribution >= 4 is 35.5 Å². The fourth-order valence-corrected chi connectivity index (χ4v) is 5.65. The van der Waals surface area contributed by atoms with E-state index in [0.717, 1.165) is 35.3 Å². The zero-order valence-corrected chi connectivity index (χ0v) is 21.9. The number of carbonyl (C=O) groups excluding carboxylic acids is 1. The van der Waals surface area contributed by atoms with Gasteiger partial charge in [-0.25, -0.2) is 4.79 Å². The first-order valence-corrected chi connectivity index (χ1v) is 13.7. The van der Waals surface area contributed by atoms with Crippen LogP contribution in [0, 0.1) is 0 Å². The average Bonchev–Trinajstić information content (AvgIpc) is 3.09. The first-order chi connectivity index (χ1) is 17.1. The maximum absolute atomic E-state index is 13.3. The van der Waals surface area contributed by atoms with Gasteiger partial charge in [0.1, 0.15) is 5.25 Å². The Morgan fingerprint density at radius 3 is 2.64 bits per heavy atom. The summed E-state index contributed by atoms with van der Waals surface area (Å²) in [5, 5.41) is 11.6. The average molecular weight is 541 g/mol. The van der Waals surface area contributed by atoms with Crippen LogP contribution in [0.4, 0.5) is 18.0 Å². The van der Waals surface area contributed by atoms with E-state index in [1.807, 2.05) is 23.1 Å². The summed E-state index contributed by atoms with van der Waals surface area (Å²) >= 11 is 1.12. The van der Waals surface area contributed by atoms with E-state index in [1.54, 1.807) is 13.0 Å². The van der Waals surface area contributed by atoms with Crippen molar-refractivity contribution in [3.8, 4) is 0 Å². The Kier molecular flexibility index (Phi) is 10.0. The molecular formula is C26H31F3N2O3S2. The number of hydrogen-bond acceptors (Lipinski definition) is 4. The minimum absolute atomic E-state index is 0.0391. The molecule has 36 heavy (non-hydrogen) atoms. The molecule has 2 amide bonds. The van der Waals surface area contributed by atoms with Crippen molar-refractivity contribution in [2.75, 3.05) is 6.54 Å². The number of fused-ring (bicyclic) bond motifs is 1. The van der Waals surface area contributed by atoms with Crippen LogP contribution in [0.2, 0.25) is 0 Å². The first kappa shape index (κ1) is 28.2. The van der Waals surface area contributed by atoms with Crippen molar-refractivity contribution in [1.82, 2.24) is 10.2 Å². The van der Waals surface area contributed by atoms with E-state index in [-0.39, 0.29) is 28.7 Å². The van der Waals surface area contributed by atoms with Gasteiger partial charge in [-0.2, -0.15) is 13.2 Å². The molecule has 2 atom stereocenters. The molecule has 0 spiro atoms. The lowest BCUT2D eigenvalue weighted by Crippen LogP contribution is -2.46. The van der Waals surface area contributed by atoms with Gasteiger partial charge in [-0.05, 0) is 73.4 Å². The van der Waals surface area contributed by atoms with Gasteiger partial charge in [0.25, 0.3) is 0 Å². The molecule has 1 aromatic carbocycles. The van der Waals surface area contributed by atoms with Gasteiger partial charge in [-0.1, -0.05) is 38.0 Å². The van der Waals surface area contributed by atoms with Crippen molar-refractivity contribution < 1.29 is 27.9 Å². The third-order valence-electron chi connectivity index (χ3n) is 6.02. The molecule has 2 aliphatic rings. The summed E-state index contributed by atoms with van der Waals surface area (Å²) in [7, 11) is 0. The largest absolute Gasteiger partial charge is 0.480 e. The number of urea groups is 1. The predicted molar refractivity (Wildman–Crippen MR) is 139 cm³/mol. The Morgan fingerprint density at radius 2 is 1.94 bits per heavy atom. The van der Waals surface area contributed by atoms with E-state index in [2.05, 4.69) is 12.2 Å². The summed E-state index contributed by atoms with van der Waals surface area (Å²) in [6.45, 7) is 4.34. The Hall–Kier alpha value is -2.33. The molecule has 0 aromatic heterocycles. The number of carbonyl (C=O) groups is 2. The van der Waals surface area contributed by atoms with Gasteiger partial charge in [-0.3, -0.25) is 4.79 Å². The number of benzene rings is 1. The van der Waals surface area contributed by atoms with Gasteiger partial charge in [0.2, 0.25) is 0 Å². The predicted octanol–water partition coefficient (Wildman–Crippen LogP) is 6.90. The zero-order chi connectivity index (χ0) is 26.3. The SMILES string of the molecule is CCCCCN(C(=O)NC1=CC=C(SC(F)(F)F)C=CC1)C1Cc2ccc(SC(C)C(=O)O)cc2C1. The summed E-state index contributed by atoms with van der Waals surface area (Å²) in [6, 6.07) is 5.67. The molecule has 2 unspecified atom stereocenters. The highest BCUT2D eigenvalue weighted by atomic mass is 32.2. The number of alkyl halides is 3. The number of carboxylic acid groups (broad SMARTS) is 1. The number of aliphatic carboxylic acids is 1. The Balaban J connectivity index is 1.71. The van der Waals surface area contributed by atoms with Crippen molar-refractivity contribution in [3.63, 3.8) is 0 Å². The number of allylic oxidation sites excluding steroid dienone is 4. The van der Waals surface area contributed by atoms with E-state index in [9.17, 15) is 27.9 Å². The molecule has 2 N–H and O–H groups in total. The van der Waals surface area contributed by atoms with Crippen molar-refractivity contribution in [2.45, 2.75) is 74.1 Å². The van der Waals surface area contributed by atoms with Crippen molar-refractivity contribution in [3.05, 3.63) is 64.2 Å². The lowest BCUT2D eigenvalue weighted by Gasteiger charge is -2.29. The van der Waals surface area contributed by atoms with Crippen LogP contribution in [-0.4, -0.2) is 45.4 Å². The van der Waals surface area contributed by atoms with Crippen LogP contribution in [0.25, 0.3) is 0 Å². The highest BCUT2D eigenvalue weighted by Gasteiger charge is 2.31. The Bertz CT molecular complexity index is 1050. The topological polar surface area (TPSA) is 69.6 Å². The number of thioether (sulfide) groups is 2. The Labute approximate surface area is 218 Å². The normalized spacial score (nSPS) is 18.1. The number of amides is 2. The highest BCUT2D eigenvalue weighted by Crippen LogP contribution is 2.37. The highest BCUT2D eigenvalue weighted by molar-refractivity contribution is 8.04. The number of hydrogen-bond donors (Lipinski definition) is 2. The van der Waals surface area contributed by atoms with Crippen molar-refractivity contribution in [1.29, 1.82) is 0 Å². The maximum Gasteiger partial charge on any atom is 0.446 e. The smallest absolute Gasteiger partial charge is 0.446 e. The van der Waals surface area contributed by atoms with Gasteiger partial charge < -0.3 is 15.3 Å². The molecule has 196 valence electrons. The Morgan fingerprint density at radius 1 is 1.19 bits per heavy atom. The molecule has 0 heterocycles.